The molecule has 3 fully saturated rings. The van der Waals surface area contributed by atoms with Gasteiger partial charge < -0.3 is 9.64 Å². The van der Waals surface area contributed by atoms with Crippen molar-refractivity contribution in [2.24, 2.45) is 5.92 Å². The van der Waals surface area contributed by atoms with E-state index in [4.69, 9.17) is 4.74 Å². The van der Waals surface area contributed by atoms with Crippen LogP contribution < -0.4 is 0 Å². The monoisotopic (exact) mass is 287 g/mol. The molecule has 2 aliphatic heterocycles. The maximum Gasteiger partial charge on any atom is 0.248 e. The lowest BCUT2D eigenvalue weighted by Gasteiger charge is -2.36. The van der Waals surface area contributed by atoms with Crippen molar-refractivity contribution in [3.05, 3.63) is 30.1 Å². The second-order valence-electron chi connectivity index (χ2n) is 6.42. The highest BCUT2D eigenvalue weighted by Crippen LogP contribution is 2.33. The van der Waals surface area contributed by atoms with Crippen molar-refractivity contribution in [3.8, 4) is 0 Å². The van der Waals surface area contributed by atoms with Gasteiger partial charge in [-0.15, -0.1) is 0 Å². The summed E-state index contributed by atoms with van der Waals surface area (Å²) in [6.07, 6.45) is 4.56. The van der Waals surface area contributed by atoms with Gasteiger partial charge in [-0.1, -0.05) is 6.07 Å². The molecule has 3 heterocycles. The molecule has 2 saturated heterocycles. The van der Waals surface area contributed by atoms with Gasteiger partial charge >= 0.3 is 0 Å². The number of pyridine rings is 1. The molecule has 0 bridgehead atoms. The summed E-state index contributed by atoms with van der Waals surface area (Å²) >= 11 is 0. The predicted octanol–water partition coefficient (Wildman–Crippen LogP) is 0.903. The highest BCUT2D eigenvalue weighted by atomic mass is 16.5. The number of nitrogens with zero attached hydrogens (tertiary/aromatic N) is 3. The highest BCUT2D eigenvalue weighted by molar-refractivity contribution is 5.78. The van der Waals surface area contributed by atoms with Gasteiger partial charge in [0, 0.05) is 32.4 Å². The maximum absolute atomic E-state index is 12.1. The number of amides is 1. The number of carbonyl (C=O) groups excluding carboxylic acids is 1. The molecule has 1 amide bonds. The van der Waals surface area contributed by atoms with Crippen molar-refractivity contribution in [2.45, 2.75) is 31.5 Å². The molecule has 0 radical (unpaired) electrons. The first-order valence-electron chi connectivity index (χ1n) is 7.83. The Morgan fingerprint density at radius 3 is 2.95 bits per heavy atom. The Labute approximate surface area is 124 Å². The van der Waals surface area contributed by atoms with E-state index in [2.05, 4.69) is 20.9 Å². The van der Waals surface area contributed by atoms with Crippen LogP contribution in [0, 0.1) is 5.92 Å². The van der Waals surface area contributed by atoms with E-state index in [1.807, 2.05) is 18.3 Å². The molecule has 1 aliphatic carbocycles. The fraction of sp³-hybridized carbons (Fsp3) is 0.625. The lowest BCUT2D eigenvalue weighted by atomic mass is 10.1. The van der Waals surface area contributed by atoms with Gasteiger partial charge in [-0.05, 0) is 30.9 Å². The minimum Gasteiger partial charge on any atom is -0.365 e. The number of fused-ring (bicyclic) bond motifs is 1. The molecule has 112 valence electrons. The van der Waals surface area contributed by atoms with Gasteiger partial charge in [0.1, 0.15) is 6.61 Å². The largest absolute Gasteiger partial charge is 0.365 e. The quantitative estimate of drug-likeness (QED) is 0.825. The molecule has 4 rings (SSSR count). The Bertz CT molecular complexity index is 518. The van der Waals surface area contributed by atoms with Gasteiger partial charge in [-0.25, -0.2) is 0 Å². The zero-order valence-electron chi connectivity index (χ0n) is 12.1. The van der Waals surface area contributed by atoms with Gasteiger partial charge in [0.05, 0.1) is 17.8 Å². The Hall–Kier alpha value is -1.46. The molecule has 1 aromatic heterocycles. The summed E-state index contributed by atoms with van der Waals surface area (Å²) in [7, 11) is 0. The lowest BCUT2D eigenvalue weighted by Crippen LogP contribution is -2.54. The number of hydrogen-bond donors (Lipinski definition) is 0. The normalized spacial score (nSPS) is 29.7. The first-order valence-corrected chi connectivity index (χ1v) is 7.83. The van der Waals surface area contributed by atoms with E-state index < -0.39 is 0 Å². The van der Waals surface area contributed by atoms with Crippen LogP contribution in [-0.2, 0) is 16.1 Å². The fourth-order valence-corrected chi connectivity index (χ4v) is 3.41. The summed E-state index contributed by atoms with van der Waals surface area (Å²) in [5.74, 6) is 0.903. The Kier molecular flexibility index (Phi) is 3.39. The molecule has 0 N–H and O–H groups in total. The van der Waals surface area contributed by atoms with Crippen LogP contribution in [0.4, 0.5) is 0 Å². The number of hydrogen-bond acceptors (Lipinski definition) is 4. The average molecular weight is 287 g/mol. The van der Waals surface area contributed by atoms with E-state index >= 15 is 0 Å². The van der Waals surface area contributed by atoms with Crippen LogP contribution in [0.15, 0.2) is 24.4 Å². The van der Waals surface area contributed by atoms with E-state index in [9.17, 15) is 4.79 Å². The van der Waals surface area contributed by atoms with Crippen LogP contribution in [-0.4, -0.2) is 59.1 Å². The number of carbonyl (C=O) groups is 1. The van der Waals surface area contributed by atoms with E-state index in [0.29, 0.717) is 0 Å². The van der Waals surface area contributed by atoms with Crippen molar-refractivity contribution >= 4 is 5.91 Å². The standard InChI is InChI=1S/C16H21N3O2/c20-16-11-21-15-10-18(8-13-3-1-2-6-17-13)9-14(15)19(16)7-12-4-5-12/h1-3,6,12,14-15H,4-5,7-11H2/t14-,15+/m1/s1. The number of ether oxygens (including phenoxy) is 1. The summed E-state index contributed by atoms with van der Waals surface area (Å²) in [6.45, 7) is 3.82. The zero-order chi connectivity index (χ0) is 14.2. The van der Waals surface area contributed by atoms with Crippen LogP contribution in [0.25, 0.3) is 0 Å². The fourth-order valence-electron chi connectivity index (χ4n) is 3.41. The van der Waals surface area contributed by atoms with Crippen LogP contribution in [0.2, 0.25) is 0 Å². The second-order valence-corrected chi connectivity index (χ2v) is 6.42. The molecule has 0 spiro atoms. The van der Waals surface area contributed by atoms with Gasteiger partial charge in [-0.3, -0.25) is 14.7 Å². The van der Waals surface area contributed by atoms with Crippen LogP contribution in [0.1, 0.15) is 18.5 Å². The van der Waals surface area contributed by atoms with Gasteiger partial charge in [-0.2, -0.15) is 0 Å². The van der Waals surface area contributed by atoms with Crippen molar-refractivity contribution < 1.29 is 9.53 Å². The van der Waals surface area contributed by atoms with Gasteiger partial charge in [0.2, 0.25) is 5.91 Å². The van der Waals surface area contributed by atoms with Crippen molar-refractivity contribution in [1.29, 1.82) is 0 Å². The van der Waals surface area contributed by atoms with Crippen LogP contribution >= 0.6 is 0 Å². The summed E-state index contributed by atoms with van der Waals surface area (Å²) in [4.78, 5) is 21.0. The molecule has 2 atom stereocenters. The summed E-state index contributed by atoms with van der Waals surface area (Å²) in [6, 6.07) is 6.24. The average Bonchev–Trinajstić information content (AvgIpc) is 3.22. The Morgan fingerprint density at radius 2 is 2.19 bits per heavy atom. The molecule has 1 saturated carbocycles. The van der Waals surface area contributed by atoms with E-state index in [0.717, 1.165) is 37.8 Å². The molecular weight excluding hydrogens is 266 g/mol. The number of morpholine rings is 1. The predicted molar refractivity (Wildman–Crippen MR) is 77.5 cm³/mol. The summed E-state index contributed by atoms with van der Waals surface area (Å²) in [5.41, 5.74) is 1.08. The third-order valence-electron chi connectivity index (χ3n) is 4.72. The summed E-state index contributed by atoms with van der Waals surface area (Å²) < 4.78 is 5.76. The minimum absolute atomic E-state index is 0.169. The second kappa shape index (κ2) is 5.39. The van der Waals surface area contributed by atoms with E-state index in [1.165, 1.54) is 12.8 Å². The molecule has 0 aromatic carbocycles. The van der Waals surface area contributed by atoms with E-state index in [1.54, 1.807) is 0 Å². The topological polar surface area (TPSA) is 45.7 Å². The SMILES string of the molecule is O=C1CO[C@H]2CN(Cc3ccccn3)C[C@H]2N1CC1CC1. The highest BCUT2D eigenvalue weighted by Gasteiger charge is 2.44. The van der Waals surface area contributed by atoms with Crippen LogP contribution in [0.5, 0.6) is 0 Å². The van der Waals surface area contributed by atoms with Crippen molar-refractivity contribution in [3.63, 3.8) is 0 Å². The molecule has 21 heavy (non-hydrogen) atoms. The number of aromatic nitrogens is 1. The molecule has 0 unspecified atom stereocenters. The first kappa shape index (κ1) is 13.2. The minimum atomic E-state index is 0.169. The molecule has 5 heteroatoms. The van der Waals surface area contributed by atoms with Gasteiger partial charge in [0.15, 0.2) is 0 Å². The molecular formula is C16H21N3O2. The van der Waals surface area contributed by atoms with E-state index in [-0.39, 0.29) is 24.7 Å². The Balaban J connectivity index is 1.43. The smallest absolute Gasteiger partial charge is 0.248 e. The lowest BCUT2D eigenvalue weighted by molar-refractivity contribution is -0.153. The van der Waals surface area contributed by atoms with Gasteiger partial charge in [0.25, 0.3) is 0 Å². The maximum atomic E-state index is 12.1. The summed E-state index contributed by atoms with van der Waals surface area (Å²) in [5, 5.41) is 0. The van der Waals surface area contributed by atoms with Crippen LogP contribution in [0.3, 0.4) is 0 Å². The Morgan fingerprint density at radius 1 is 1.29 bits per heavy atom. The van der Waals surface area contributed by atoms with Crippen molar-refractivity contribution in [2.75, 3.05) is 26.2 Å². The van der Waals surface area contributed by atoms with Crippen molar-refractivity contribution in [1.82, 2.24) is 14.8 Å². The molecule has 3 aliphatic rings. The first-order chi connectivity index (χ1) is 10.3. The number of rotatable bonds is 4. The molecule has 5 nitrogen and oxygen atoms in total. The number of likely N-dealkylation sites (tertiary alicyclic amines) is 1. The third-order valence-corrected chi connectivity index (χ3v) is 4.72. The zero-order valence-corrected chi connectivity index (χ0v) is 12.1. The third kappa shape index (κ3) is 2.80. The molecule has 1 aromatic rings.